The third-order valence-corrected chi connectivity index (χ3v) is 4.62. The van der Waals surface area contributed by atoms with Gasteiger partial charge in [0.05, 0.1) is 12.5 Å². The molecule has 1 saturated heterocycles. The fourth-order valence-electron chi connectivity index (χ4n) is 3.14. The van der Waals surface area contributed by atoms with Crippen molar-refractivity contribution in [2.24, 2.45) is 11.3 Å². The van der Waals surface area contributed by atoms with Crippen LogP contribution in [0.1, 0.15) is 32.1 Å². The molecule has 2 fully saturated rings. The van der Waals surface area contributed by atoms with E-state index >= 15 is 0 Å². The van der Waals surface area contributed by atoms with E-state index in [1.165, 1.54) is 19.3 Å². The standard InChI is InChI=1S/C14H24N2O4/c1-20-10-14(4-2-5-14)6-7-15-13(19)16-8-3-11(9-16)12(17)18/h11H,2-10H2,1H3,(H,15,19)(H,17,18). The number of methoxy groups -OCH3 is 1. The fraction of sp³-hybridized carbons (Fsp3) is 0.857. The lowest BCUT2D eigenvalue weighted by Gasteiger charge is -2.41. The highest BCUT2D eigenvalue weighted by Gasteiger charge is 2.37. The number of carbonyl (C=O) groups is 2. The van der Waals surface area contributed by atoms with Crippen molar-refractivity contribution < 1.29 is 19.4 Å². The lowest BCUT2D eigenvalue weighted by Crippen LogP contribution is -2.42. The quantitative estimate of drug-likeness (QED) is 0.771. The van der Waals surface area contributed by atoms with Gasteiger partial charge in [-0.15, -0.1) is 0 Å². The third kappa shape index (κ3) is 3.42. The zero-order valence-corrected chi connectivity index (χ0v) is 12.1. The van der Waals surface area contributed by atoms with Crippen molar-refractivity contribution in [2.75, 3.05) is 33.4 Å². The summed E-state index contributed by atoms with van der Waals surface area (Å²) in [4.78, 5) is 24.4. The number of nitrogens with zero attached hydrogens (tertiary/aromatic N) is 1. The Morgan fingerprint density at radius 2 is 2.20 bits per heavy atom. The minimum absolute atomic E-state index is 0.138. The molecule has 1 heterocycles. The molecular weight excluding hydrogens is 260 g/mol. The highest BCUT2D eigenvalue weighted by atomic mass is 16.5. The van der Waals surface area contributed by atoms with Crippen LogP contribution >= 0.6 is 0 Å². The Morgan fingerprint density at radius 1 is 1.45 bits per heavy atom. The summed E-state index contributed by atoms with van der Waals surface area (Å²) in [5.74, 6) is -1.22. The summed E-state index contributed by atoms with van der Waals surface area (Å²) in [6, 6.07) is -0.138. The molecule has 114 valence electrons. The maximum atomic E-state index is 12.0. The minimum atomic E-state index is -0.811. The van der Waals surface area contributed by atoms with Crippen LogP contribution in [-0.4, -0.2) is 55.4 Å². The summed E-state index contributed by atoms with van der Waals surface area (Å²) in [5.41, 5.74) is 0.247. The van der Waals surface area contributed by atoms with Gasteiger partial charge in [-0.2, -0.15) is 0 Å². The van der Waals surface area contributed by atoms with Gasteiger partial charge in [-0.05, 0) is 31.1 Å². The predicted molar refractivity (Wildman–Crippen MR) is 73.5 cm³/mol. The highest BCUT2D eigenvalue weighted by molar-refractivity contribution is 5.77. The first kappa shape index (κ1) is 15.1. The third-order valence-electron chi connectivity index (χ3n) is 4.62. The number of ether oxygens (including phenoxy) is 1. The Kier molecular flexibility index (Phi) is 4.86. The highest BCUT2D eigenvalue weighted by Crippen LogP contribution is 2.43. The average molecular weight is 284 g/mol. The maximum Gasteiger partial charge on any atom is 0.317 e. The molecule has 1 saturated carbocycles. The normalized spacial score (nSPS) is 24.2. The molecule has 0 aromatic carbocycles. The maximum absolute atomic E-state index is 12.0. The van der Waals surface area contributed by atoms with Gasteiger partial charge in [0.25, 0.3) is 0 Å². The Balaban J connectivity index is 1.69. The van der Waals surface area contributed by atoms with Gasteiger partial charge in [-0.1, -0.05) is 6.42 Å². The van der Waals surface area contributed by atoms with Crippen molar-refractivity contribution in [1.82, 2.24) is 10.2 Å². The smallest absolute Gasteiger partial charge is 0.317 e. The Hall–Kier alpha value is -1.30. The number of amides is 2. The van der Waals surface area contributed by atoms with Crippen molar-refractivity contribution in [3.05, 3.63) is 0 Å². The van der Waals surface area contributed by atoms with Crippen molar-refractivity contribution in [3.8, 4) is 0 Å². The summed E-state index contributed by atoms with van der Waals surface area (Å²) < 4.78 is 5.26. The van der Waals surface area contributed by atoms with E-state index in [9.17, 15) is 9.59 Å². The summed E-state index contributed by atoms with van der Waals surface area (Å²) in [6.45, 7) is 2.25. The fourth-order valence-corrected chi connectivity index (χ4v) is 3.14. The largest absolute Gasteiger partial charge is 0.481 e. The molecule has 0 bridgehead atoms. The van der Waals surface area contributed by atoms with Gasteiger partial charge in [0.2, 0.25) is 0 Å². The average Bonchev–Trinajstić information content (AvgIpc) is 2.85. The number of rotatable bonds is 6. The van der Waals surface area contributed by atoms with Crippen LogP contribution in [0.25, 0.3) is 0 Å². The molecule has 0 spiro atoms. The number of likely N-dealkylation sites (tertiary alicyclic amines) is 1. The molecule has 2 aliphatic rings. The van der Waals surface area contributed by atoms with Crippen LogP contribution in [0.4, 0.5) is 4.79 Å². The molecule has 1 unspecified atom stereocenters. The van der Waals surface area contributed by atoms with E-state index < -0.39 is 11.9 Å². The van der Waals surface area contributed by atoms with E-state index in [1.54, 1.807) is 12.0 Å². The summed E-state index contributed by atoms with van der Waals surface area (Å²) in [5, 5.41) is 11.8. The Morgan fingerprint density at radius 3 is 2.70 bits per heavy atom. The van der Waals surface area contributed by atoms with Crippen LogP contribution in [0, 0.1) is 11.3 Å². The molecule has 0 radical (unpaired) electrons. The number of nitrogens with one attached hydrogen (secondary N) is 1. The Bertz CT molecular complexity index is 368. The van der Waals surface area contributed by atoms with Crippen molar-refractivity contribution in [3.63, 3.8) is 0 Å². The van der Waals surface area contributed by atoms with Gasteiger partial charge in [0.15, 0.2) is 0 Å². The van der Waals surface area contributed by atoms with Gasteiger partial charge < -0.3 is 20.1 Å². The minimum Gasteiger partial charge on any atom is -0.481 e. The van der Waals surface area contributed by atoms with Crippen LogP contribution in [-0.2, 0) is 9.53 Å². The second-order valence-corrected chi connectivity index (χ2v) is 6.04. The van der Waals surface area contributed by atoms with Crippen molar-refractivity contribution >= 4 is 12.0 Å². The van der Waals surface area contributed by atoms with E-state index in [0.29, 0.717) is 26.1 Å². The van der Waals surface area contributed by atoms with E-state index in [1.807, 2.05) is 0 Å². The van der Waals surface area contributed by atoms with Gasteiger partial charge in [-0.25, -0.2) is 4.79 Å². The van der Waals surface area contributed by atoms with Crippen LogP contribution in [0.3, 0.4) is 0 Å². The first-order valence-electron chi connectivity index (χ1n) is 7.31. The Labute approximate surface area is 119 Å². The van der Waals surface area contributed by atoms with Gasteiger partial charge in [0, 0.05) is 26.7 Å². The number of hydrogen-bond donors (Lipinski definition) is 2. The number of aliphatic carboxylic acids is 1. The molecule has 1 atom stereocenters. The first-order chi connectivity index (χ1) is 9.56. The van der Waals surface area contributed by atoms with Gasteiger partial charge in [-0.3, -0.25) is 4.79 Å². The SMILES string of the molecule is COCC1(CCNC(=O)N2CCC(C(=O)O)C2)CCC1. The van der Waals surface area contributed by atoms with Crippen LogP contribution in [0.2, 0.25) is 0 Å². The molecule has 0 aromatic rings. The van der Waals surface area contributed by atoms with Gasteiger partial charge >= 0.3 is 12.0 Å². The molecule has 6 nitrogen and oxygen atoms in total. The molecule has 2 rings (SSSR count). The number of hydrogen-bond acceptors (Lipinski definition) is 3. The molecule has 2 N–H and O–H groups in total. The van der Waals surface area contributed by atoms with Crippen LogP contribution in [0.5, 0.6) is 0 Å². The molecule has 20 heavy (non-hydrogen) atoms. The molecule has 0 aromatic heterocycles. The van der Waals surface area contributed by atoms with Crippen molar-refractivity contribution in [2.45, 2.75) is 32.1 Å². The first-order valence-corrected chi connectivity index (χ1v) is 7.31. The second kappa shape index (κ2) is 6.43. The molecule has 2 amide bonds. The van der Waals surface area contributed by atoms with Crippen LogP contribution < -0.4 is 5.32 Å². The number of carboxylic acids is 1. The molecule has 6 heteroatoms. The van der Waals surface area contributed by atoms with E-state index in [4.69, 9.17) is 9.84 Å². The number of urea groups is 1. The number of carboxylic acid groups (broad SMARTS) is 1. The van der Waals surface area contributed by atoms with Gasteiger partial charge in [0.1, 0.15) is 0 Å². The summed E-state index contributed by atoms with van der Waals surface area (Å²) >= 11 is 0. The lowest BCUT2D eigenvalue weighted by molar-refractivity contribution is -0.141. The zero-order valence-electron chi connectivity index (χ0n) is 12.1. The molecule has 1 aliphatic heterocycles. The van der Waals surface area contributed by atoms with Crippen LogP contribution in [0.15, 0.2) is 0 Å². The second-order valence-electron chi connectivity index (χ2n) is 6.04. The number of carbonyl (C=O) groups excluding carboxylic acids is 1. The molecular formula is C14H24N2O4. The molecule has 1 aliphatic carbocycles. The lowest BCUT2D eigenvalue weighted by atomic mass is 9.67. The topological polar surface area (TPSA) is 78.9 Å². The van der Waals surface area contributed by atoms with E-state index in [2.05, 4.69) is 5.32 Å². The van der Waals surface area contributed by atoms with E-state index in [0.717, 1.165) is 13.0 Å². The van der Waals surface area contributed by atoms with E-state index in [-0.39, 0.29) is 11.4 Å². The predicted octanol–water partition coefficient (Wildman–Crippen LogP) is 1.31. The van der Waals surface area contributed by atoms with Crippen molar-refractivity contribution in [1.29, 1.82) is 0 Å². The summed E-state index contributed by atoms with van der Waals surface area (Å²) in [7, 11) is 1.72. The zero-order chi connectivity index (χ0) is 14.6. The monoisotopic (exact) mass is 284 g/mol. The summed E-state index contributed by atoms with van der Waals surface area (Å²) in [6.07, 6.45) is 5.06.